The van der Waals surface area contributed by atoms with Gasteiger partial charge in [-0.15, -0.1) is 11.3 Å². The van der Waals surface area contributed by atoms with E-state index in [1.807, 2.05) is 29.5 Å². The van der Waals surface area contributed by atoms with Crippen LogP contribution in [0.3, 0.4) is 0 Å². The first-order valence-corrected chi connectivity index (χ1v) is 10.6. The van der Waals surface area contributed by atoms with Crippen LogP contribution in [0.2, 0.25) is 0 Å². The summed E-state index contributed by atoms with van der Waals surface area (Å²) >= 11 is 1.86. The van der Waals surface area contributed by atoms with E-state index >= 15 is 0 Å². The zero-order chi connectivity index (χ0) is 19.8. The van der Waals surface area contributed by atoms with Crippen molar-refractivity contribution in [1.82, 2.24) is 5.32 Å². The number of benzene rings is 1. The molecule has 0 radical (unpaired) electrons. The van der Waals surface area contributed by atoms with Crippen molar-refractivity contribution in [3.63, 3.8) is 0 Å². The van der Waals surface area contributed by atoms with Crippen LogP contribution in [0.25, 0.3) is 0 Å². The Hall–Kier alpha value is -2.18. The van der Waals surface area contributed by atoms with Crippen LogP contribution in [-0.4, -0.2) is 24.1 Å². The topological polar surface area (TPSA) is 64.6 Å². The third-order valence-electron chi connectivity index (χ3n) is 5.43. The van der Waals surface area contributed by atoms with Crippen LogP contribution in [-0.2, 0) is 33.7 Å². The minimum Gasteiger partial charge on any atom is -0.461 e. The third-order valence-corrected chi connectivity index (χ3v) is 6.65. The molecule has 148 valence electrons. The summed E-state index contributed by atoms with van der Waals surface area (Å²) in [4.78, 5) is 25.9. The van der Waals surface area contributed by atoms with Crippen LogP contribution < -0.4 is 10.1 Å². The van der Waals surface area contributed by atoms with Crippen LogP contribution in [0.5, 0.6) is 5.75 Å². The van der Waals surface area contributed by atoms with Crippen molar-refractivity contribution in [2.45, 2.75) is 64.6 Å². The van der Waals surface area contributed by atoms with Crippen molar-refractivity contribution < 1.29 is 19.1 Å². The van der Waals surface area contributed by atoms with Crippen molar-refractivity contribution in [3.8, 4) is 5.75 Å². The van der Waals surface area contributed by atoms with Crippen LogP contribution >= 0.6 is 11.3 Å². The molecule has 6 heteroatoms. The number of carbonyl (C=O) groups excluding carboxylic acids is 2. The first-order valence-electron chi connectivity index (χ1n) is 9.79. The summed E-state index contributed by atoms with van der Waals surface area (Å²) in [6.07, 6.45) is 2.63. The smallest absolute Gasteiger partial charge is 0.308 e. The van der Waals surface area contributed by atoms with Gasteiger partial charge in [-0.05, 0) is 41.3 Å². The molecule has 1 aliphatic heterocycles. The number of hydrogen-bond acceptors (Lipinski definition) is 6. The third kappa shape index (κ3) is 3.59. The van der Waals surface area contributed by atoms with Crippen molar-refractivity contribution in [3.05, 3.63) is 50.7 Å². The number of ether oxygens (including phenoxy) is 2. The number of aryl methyl sites for hydroxylation is 1. The van der Waals surface area contributed by atoms with Gasteiger partial charge in [-0.2, -0.15) is 0 Å². The summed E-state index contributed by atoms with van der Waals surface area (Å²) in [6.45, 7) is 5.86. The average Bonchev–Trinajstić information content (AvgIpc) is 3.04. The minimum absolute atomic E-state index is 0.0144. The highest BCUT2D eigenvalue weighted by molar-refractivity contribution is 7.12. The van der Waals surface area contributed by atoms with Gasteiger partial charge in [0.1, 0.15) is 11.9 Å². The zero-order valence-electron chi connectivity index (χ0n) is 16.4. The molecule has 2 heterocycles. The predicted octanol–water partition coefficient (Wildman–Crippen LogP) is 3.72. The second-order valence-electron chi connectivity index (χ2n) is 7.53. The molecule has 0 fully saturated rings. The number of rotatable bonds is 4. The van der Waals surface area contributed by atoms with Gasteiger partial charge in [0.15, 0.2) is 0 Å². The lowest BCUT2D eigenvalue weighted by atomic mass is 9.72. The van der Waals surface area contributed by atoms with Gasteiger partial charge in [0.05, 0.1) is 6.04 Å². The Labute approximate surface area is 169 Å². The number of thiophene rings is 1. The molecule has 1 aromatic carbocycles. The molecule has 0 saturated carbocycles. The Morgan fingerprint density at radius 1 is 1.18 bits per heavy atom. The zero-order valence-corrected chi connectivity index (χ0v) is 17.2. The van der Waals surface area contributed by atoms with Crippen LogP contribution in [0, 0.1) is 0 Å². The molecule has 5 nitrogen and oxygen atoms in total. The Balaban J connectivity index is 1.80. The SMILES string of the molecule is CCCc1cc2c(s1)CN[C@H]1C(OC(C)=O)Cc3ccc(OC(C)=O)cc3[C@H]21. The molecule has 1 N–H and O–H groups in total. The second kappa shape index (κ2) is 7.68. The molecular formula is C22H25NO4S. The van der Waals surface area contributed by atoms with Crippen molar-refractivity contribution in [1.29, 1.82) is 0 Å². The molecule has 1 aromatic heterocycles. The van der Waals surface area contributed by atoms with E-state index in [2.05, 4.69) is 18.3 Å². The summed E-state index contributed by atoms with van der Waals surface area (Å²) < 4.78 is 11.0. The first kappa shape index (κ1) is 19.2. The van der Waals surface area contributed by atoms with Crippen molar-refractivity contribution in [2.24, 2.45) is 0 Å². The molecular weight excluding hydrogens is 374 g/mol. The highest BCUT2D eigenvalue weighted by Gasteiger charge is 2.43. The van der Waals surface area contributed by atoms with Crippen LogP contribution in [0.15, 0.2) is 24.3 Å². The molecule has 1 unspecified atom stereocenters. The van der Waals surface area contributed by atoms with Gasteiger partial charge in [0, 0.05) is 42.5 Å². The lowest BCUT2D eigenvalue weighted by Gasteiger charge is -2.42. The van der Waals surface area contributed by atoms with E-state index < -0.39 is 0 Å². The quantitative estimate of drug-likeness (QED) is 0.627. The number of nitrogens with one attached hydrogen (secondary N) is 1. The van der Waals surface area contributed by atoms with E-state index in [1.54, 1.807) is 0 Å². The lowest BCUT2D eigenvalue weighted by molar-refractivity contribution is -0.148. The molecule has 28 heavy (non-hydrogen) atoms. The van der Waals surface area contributed by atoms with Gasteiger partial charge in [-0.1, -0.05) is 19.4 Å². The van der Waals surface area contributed by atoms with Gasteiger partial charge in [-0.25, -0.2) is 0 Å². The molecule has 2 aliphatic rings. The fourth-order valence-electron chi connectivity index (χ4n) is 4.45. The molecule has 1 aliphatic carbocycles. The first-order chi connectivity index (χ1) is 13.5. The number of esters is 2. The molecule has 3 atom stereocenters. The molecule has 0 amide bonds. The maximum Gasteiger partial charge on any atom is 0.308 e. The van der Waals surface area contributed by atoms with E-state index in [0.717, 1.165) is 30.5 Å². The highest BCUT2D eigenvalue weighted by Crippen LogP contribution is 2.45. The summed E-state index contributed by atoms with van der Waals surface area (Å²) in [5.41, 5.74) is 3.61. The van der Waals surface area contributed by atoms with E-state index in [0.29, 0.717) is 12.2 Å². The maximum absolute atomic E-state index is 11.7. The molecule has 4 rings (SSSR count). The Kier molecular flexibility index (Phi) is 5.25. The Morgan fingerprint density at radius 2 is 2.00 bits per heavy atom. The van der Waals surface area contributed by atoms with E-state index in [-0.39, 0.29) is 30.0 Å². The van der Waals surface area contributed by atoms with Crippen LogP contribution in [0.4, 0.5) is 0 Å². The van der Waals surface area contributed by atoms with E-state index in [1.165, 1.54) is 29.2 Å². The average molecular weight is 400 g/mol. The number of fused-ring (bicyclic) bond motifs is 5. The van der Waals surface area contributed by atoms with Crippen molar-refractivity contribution >= 4 is 23.3 Å². The molecule has 2 aromatic rings. The van der Waals surface area contributed by atoms with Crippen molar-refractivity contribution in [2.75, 3.05) is 0 Å². The Bertz CT molecular complexity index is 919. The lowest BCUT2D eigenvalue weighted by Crippen LogP contribution is -2.52. The summed E-state index contributed by atoms with van der Waals surface area (Å²) in [6, 6.07) is 8.12. The molecule has 0 saturated heterocycles. The van der Waals surface area contributed by atoms with Crippen LogP contribution in [0.1, 0.15) is 59.6 Å². The molecule has 0 bridgehead atoms. The number of carbonyl (C=O) groups is 2. The fraction of sp³-hybridized carbons (Fsp3) is 0.455. The van der Waals surface area contributed by atoms with Gasteiger partial charge in [0.2, 0.25) is 0 Å². The second-order valence-corrected chi connectivity index (χ2v) is 8.75. The van der Waals surface area contributed by atoms with Gasteiger partial charge < -0.3 is 14.8 Å². The standard InChI is InChI=1S/C22H25NO4S/c1-4-5-16-10-18-20(28-16)11-23-22-19(27-13(3)25)8-14-6-7-15(26-12(2)24)9-17(14)21(18)22/h6-7,9-10,19,21-23H,4-5,8,11H2,1-3H3/t19?,21-,22+/m1/s1. The summed E-state index contributed by atoms with van der Waals surface area (Å²) in [5, 5.41) is 3.61. The fourth-order valence-corrected chi connectivity index (χ4v) is 5.72. The van der Waals surface area contributed by atoms with E-state index in [4.69, 9.17) is 9.47 Å². The van der Waals surface area contributed by atoms with Gasteiger partial charge >= 0.3 is 11.9 Å². The van der Waals surface area contributed by atoms with Gasteiger partial charge in [-0.3, -0.25) is 9.59 Å². The highest BCUT2D eigenvalue weighted by atomic mass is 32.1. The Morgan fingerprint density at radius 3 is 2.71 bits per heavy atom. The minimum atomic E-state index is -0.326. The summed E-state index contributed by atoms with van der Waals surface area (Å²) in [5.74, 6) is 0.0583. The maximum atomic E-state index is 11.7. The number of hydrogen-bond donors (Lipinski definition) is 1. The monoisotopic (exact) mass is 399 g/mol. The summed E-state index contributed by atoms with van der Waals surface area (Å²) in [7, 11) is 0. The van der Waals surface area contributed by atoms with E-state index in [9.17, 15) is 9.59 Å². The van der Waals surface area contributed by atoms with Gasteiger partial charge in [0.25, 0.3) is 0 Å². The predicted molar refractivity (Wildman–Crippen MR) is 108 cm³/mol. The molecule has 0 spiro atoms. The normalized spacial score (nSPS) is 22.6. The largest absolute Gasteiger partial charge is 0.461 e.